The smallest absolute Gasteiger partial charge is 0.358 e. The molecule has 3 aromatic rings. The summed E-state index contributed by atoms with van der Waals surface area (Å²) < 4.78 is 10.2. The monoisotopic (exact) mass is 287 g/mol. The number of fused-ring (bicyclic) bond motifs is 1. The van der Waals surface area contributed by atoms with Crippen LogP contribution in [-0.2, 0) is 4.74 Å². The second-order valence-corrected chi connectivity index (χ2v) is 4.76. The van der Waals surface area contributed by atoms with Gasteiger partial charge in [-0.3, -0.25) is 4.98 Å². The van der Waals surface area contributed by atoms with Crippen LogP contribution in [0.15, 0.2) is 51.3 Å². The topological polar surface area (TPSA) is 78.1 Å². The molecular formula is C13H9N3O3S. The molecule has 0 unspecified atom stereocenters. The molecule has 2 heterocycles. The Bertz CT molecular complexity index is 739. The quantitative estimate of drug-likeness (QED) is 0.685. The molecule has 0 aliphatic carbocycles. The van der Waals surface area contributed by atoms with Crippen LogP contribution in [0.5, 0.6) is 0 Å². The van der Waals surface area contributed by atoms with Crippen LogP contribution in [0.4, 0.5) is 0 Å². The van der Waals surface area contributed by atoms with E-state index in [4.69, 9.17) is 4.42 Å². The summed E-state index contributed by atoms with van der Waals surface area (Å²) in [5.41, 5.74) is 1.62. The molecule has 0 atom stereocenters. The number of aromatic nitrogens is 3. The molecule has 6 nitrogen and oxygen atoms in total. The number of para-hydroxylation sites is 2. The molecule has 20 heavy (non-hydrogen) atoms. The number of hydrogen-bond donors (Lipinski definition) is 0. The van der Waals surface area contributed by atoms with Gasteiger partial charge in [0.25, 0.3) is 5.22 Å². The number of rotatable bonds is 3. The fourth-order valence-corrected chi connectivity index (χ4v) is 2.30. The molecule has 3 rings (SSSR count). The molecule has 0 aliphatic heterocycles. The molecule has 100 valence electrons. The Morgan fingerprint density at radius 1 is 1.25 bits per heavy atom. The fourth-order valence-electron chi connectivity index (χ4n) is 1.58. The predicted molar refractivity (Wildman–Crippen MR) is 71.5 cm³/mol. The maximum absolute atomic E-state index is 11.4. The Hall–Kier alpha value is -2.41. The van der Waals surface area contributed by atoms with Crippen LogP contribution in [-0.4, -0.2) is 28.0 Å². The zero-order valence-electron chi connectivity index (χ0n) is 10.4. The number of methoxy groups -OCH3 is 1. The number of carbonyl (C=O) groups is 1. The minimum absolute atomic E-state index is 0.147. The van der Waals surface area contributed by atoms with Gasteiger partial charge >= 0.3 is 5.97 Å². The molecule has 0 bridgehead atoms. The van der Waals surface area contributed by atoms with Crippen LogP contribution in [0.3, 0.4) is 0 Å². The first-order valence-corrected chi connectivity index (χ1v) is 6.52. The third-order valence-corrected chi connectivity index (χ3v) is 3.23. The summed E-state index contributed by atoms with van der Waals surface area (Å²) in [7, 11) is 1.30. The van der Waals surface area contributed by atoms with Crippen LogP contribution in [0.1, 0.15) is 10.5 Å². The molecule has 2 aromatic heterocycles. The average molecular weight is 287 g/mol. The molecule has 0 amide bonds. The largest absolute Gasteiger partial charge is 0.464 e. The second kappa shape index (κ2) is 5.30. The van der Waals surface area contributed by atoms with Crippen molar-refractivity contribution in [2.24, 2.45) is 0 Å². The van der Waals surface area contributed by atoms with Gasteiger partial charge in [0.15, 0.2) is 11.3 Å². The van der Waals surface area contributed by atoms with Crippen molar-refractivity contribution in [3.05, 3.63) is 42.4 Å². The van der Waals surface area contributed by atoms with Crippen LogP contribution in [0, 0.1) is 0 Å². The Morgan fingerprint density at radius 2 is 2.10 bits per heavy atom. The van der Waals surface area contributed by atoms with E-state index in [1.54, 1.807) is 0 Å². The van der Waals surface area contributed by atoms with Gasteiger partial charge in [-0.25, -0.2) is 14.8 Å². The maximum atomic E-state index is 11.4. The second-order valence-electron chi connectivity index (χ2n) is 3.78. The summed E-state index contributed by atoms with van der Waals surface area (Å²) in [5, 5.41) is 0.960. The molecule has 7 heteroatoms. The minimum atomic E-state index is -0.530. The van der Waals surface area contributed by atoms with Crippen molar-refractivity contribution in [1.82, 2.24) is 15.0 Å². The number of carbonyl (C=O) groups excluding carboxylic acids is 1. The third-order valence-electron chi connectivity index (χ3n) is 2.47. The van der Waals surface area contributed by atoms with Crippen molar-refractivity contribution >= 4 is 28.8 Å². The van der Waals surface area contributed by atoms with Gasteiger partial charge < -0.3 is 9.15 Å². The van der Waals surface area contributed by atoms with Crippen molar-refractivity contribution in [3.8, 4) is 0 Å². The van der Waals surface area contributed by atoms with Crippen LogP contribution in [0.2, 0.25) is 0 Å². The van der Waals surface area contributed by atoms with Gasteiger partial charge in [0.1, 0.15) is 10.5 Å². The van der Waals surface area contributed by atoms with Crippen LogP contribution < -0.4 is 0 Å². The first kappa shape index (κ1) is 12.6. The number of benzene rings is 1. The summed E-state index contributed by atoms with van der Waals surface area (Å²) >= 11 is 1.20. The van der Waals surface area contributed by atoms with E-state index in [0.717, 1.165) is 5.52 Å². The maximum Gasteiger partial charge on any atom is 0.358 e. The Kier molecular flexibility index (Phi) is 3.34. The summed E-state index contributed by atoms with van der Waals surface area (Å²) in [6.07, 6.45) is 2.88. The van der Waals surface area contributed by atoms with Crippen molar-refractivity contribution < 1.29 is 13.9 Å². The highest BCUT2D eigenvalue weighted by molar-refractivity contribution is 7.99. The lowest BCUT2D eigenvalue weighted by atomic mass is 10.3. The number of esters is 1. The first-order valence-electron chi connectivity index (χ1n) is 5.70. The Morgan fingerprint density at radius 3 is 2.90 bits per heavy atom. The van der Waals surface area contributed by atoms with Gasteiger partial charge in [-0.2, -0.15) is 0 Å². The fraction of sp³-hybridized carbons (Fsp3) is 0.0769. The van der Waals surface area contributed by atoms with Gasteiger partial charge in [-0.05, 0) is 23.9 Å². The molecule has 0 saturated heterocycles. The number of nitrogens with zero attached hydrogens (tertiary/aromatic N) is 3. The van der Waals surface area contributed by atoms with E-state index in [1.165, 1.54) is 31.3 Å². The highest BCUT2D eigenvalue weighted by Gasteiger charge is 2.12. The van der Waals surface area contributed by atoms with Crippen molar-refractivity contribution in [2.45, 2.75) is 10.2 Å². The molecule has 0 saturated carbocycles. The summed E-state index contributed by atoms with van der Waals surface area (Å²) in [6.45, 7) is 0. The van der Waals surface area contributed by atoms with E-state index in [-0.39, 0.29) is 5.69 Å². The Labute approximate surface area is 118 Å². The van der Waals surface area contributed by atoms with Gasteiger partial charge in [0.05, 0.1) is 19.5 Å². The van der Waals surface area contributed by atoms with Gasteiger partial charge in [0.2, 0.25) is 0 Å². The first-order chi connectivity index (χ1) is 9.76. The molecular weight excluding hydrogens is 278 g/mol. The molecule has 1 aromatic carbocycles. The van der Waals surface area contributed by atoms with E-state index in [9.17, 15) is 4.79 Å². The number of hydrogen-bond acceptors (Lipinski definition) is 7. The van der Waals surface area contributed by atoms with Gasteiger partial charge in [-0.1, -0.05) is 12.1 Å². The van der Waals surface area contributed by atoms with Crippen molar-refractivity contribution in [1.29, 1.82) is 0 Å². The van der Waals surface area contributed by atoms with Crippen molar-refractivity contribution in [3.63, 3.8) is 0 Å². The summed E-state index contributed by atoms with van der Waals surface area (Å²) in [4.78, 5) is 23.8. The lowest BCUT2D eigenvalue weighted by molar-refractivity contribution is 0.0592. The Balaban J connectivity index is 1.88. The summed E-state index contributed by atoms with van der Waals surface area (Å²) in [6, 6.07) is 7.46. The number of oxazole rings is 1. The molecule has 0 N–H and O–H groups in total. The normalized spacial score (nSPS) is 10.7. The van der Waals surface area contributed by atoms with E-state index in [2.05, 4.69) is 19.7 Å². The molecule has 0 fully saturated rings. The summed E-state index contributed by atoms with van der Waals surface area (Å²) in [5.74, 6) is -0.530. The lowest BCUT2D eigenvalue weighted by Crippen LogP contribution is -2.05. The minimum Gasteiger partial charge on any atom is -0.464 e. The standard InChI is InChI=1S/C13H9N3O3S/c1-18-12(17)9-6-14-7-11(15-9)20-13-16-8-4-2-3-5-10(8)19-13/h2-7H,1H3. The van der Waals surface area contributed by atoms with Gasteiger partial charge in [0, 0.05) is 0 Å². The lowest BCUT2D eigenvalue weighted by Gasteiger charge is -1.99. The zero-order chi connectivity index (χ0) is 13.9. The molecule has 0 radical (unpaired) electrons. The third kappa shape index (κ3) is 2.48. The number of ether oxygens (including phenoxy) is 1. The van der Waals surface area contributed by atoms with E-state index in [1.807, 2.05) is 24.3 Å². The van der Waals surface area contributed by atoms with E-state index >= 15 is 0 Å². The van der Waals surface area contributed by atoms with Crippen LogP contribution >= 0.6 is 11.8 Å². The highest BCUT2D eigenvalue weighted by atomic mass is 32.2. The van der Waals surface area contributed by atoms with Crippen molar-refractivity contribution in [2.75, 3.05) is 7.11 Å². The van der Waals surface area contributed by atoms with Crippen LogP contribution in [0.25, 0.3) is 11.1 Å². The molecule has 0 spiro atoms. The van der Waals surface area contributed by atoms with Gasteiger partial charge in [-0.15, -0.1) is 0 Å². The zero-order valence-corrected chi connectivity index (χ0v) is 11.3. The SMILES string of the molecule is COC(=O)c1cncc(Sc2nc3ccccc3o2)n1. The molecule has 0 aliphatic rings. The van der Waals surface area contributed by atoms with E-state index < -0.39 is 5.97 Å². The average Bonchev–Trinajstić information content (AvgIpc) is 2.88. The predicted octanol–water partition coefficient (Wildman–Crippen LogP) is 2.56. The van der Waals surface area contributed by atoms with E-state index in [0.29, 0.717) is 15.8 Å². The highest BCUT2D eigenvalue weighted by Crippen LogP contribution is 2.28.